The monoisotopic (exact) mass is 402 g/mol. The molecule has 1 unspecified atom stereocenters. The number of aryl methyl sites for hydroxylation is 1. The number of aromatic nitrogens is 2. The van der Waals surface area contributed by atoms with Crippen LogP contribution in [0.1, 0.15) is 17.2 Å². The van der Waals surface area contributed by atoms with Crippen LogP contribution in [0.15, 0.2) is 42.7 Å². The summed E-state index contributed by atoms with van der Waals surface area (Å²) in [6.07, 6.45) is 6.85. The van der Waals surface area contributed by atoms with E-state index in [4.69, 9.17) is 16.3 Å². The number of esters is 1. The van der Waals surface area contributed by atoms with Crippen molar-refractivity contribution in [3.63, 3.8) is 0 Å². The standard InChI is InChI=1S/C20H23ClN4O3/c1-23-14-15(13-22-23)7-8-18(26)24-9-11-25(12-10-24)19(20(27)28-2)16-5-3-4-6-17(16)21/h3-8,13-14,19H,9-12H2,1-2H3/b8-7+. The number of methoxy groups -OCH3 is 1. The normalized spacial score (nSPS) is 16.3. The summed E-state index contributed by atoms with van der Waals surface area (Å²) < 4.78 is 6.69. The first-order valence-corrected chi connectivity index (χ1v) is 9.39. The van der Waals surface area contributed by atoms with E-state index in [2.05, 4.69) is 5.10 Å². The maximum absolute atomic E-state index is 12.4. The molecule has 0 N–H and O–H groups in total. The van der Waals surface area contributed by atoms with Crippen molar-refractivity contribution in [3.8, 4) is 0 Å². The van der Waals surface area contributed by atoms with Gasteiger partial charge in [0.25, 0.3) is 0 Å². The predicted octanol–water partition coefficient (Wildman–Crippen LogP) is 2.15. The second-order valence-electron chi connectivity index (χ2n) is 6.59. The quantitative estimate of drug-likeness (QED) is 0.566. The van der Waals surface area contributed by atoms with Crippen LogP contribution < -0.4 is 0 Å². The molecular weight excluding hydrogens is 380 g/mol. The van der Waals surface area contributed by atoms with E-state index in [0.717, 1.165) is 5.56 Å². The number of amides is 1. The van der Waals surface area contributed by atoms with E-state index in [0.29, 0.717) is 36.8 Å². The van der Waals surface area contributed by atoms with Gasteiger partial charge in [-0.05, 0) is 17.7 Å². The molecule has 1 aromatic heterocycles. The Bertz CT molecular complexity index is 872. The molecule has 1 fully saturated rings. The van der Waals surface area contributed by atoms with Crippen molar-refractivity contribution in [2.75, 3.05) is 33.3 Å². The molecule has 1 atom stereocenters. The molecule has 1 aromatic carbocycles. The number of rotatable bonds is 5. The van der Waals surface area contributed by atoms with Crippen molar-refractivity contribution in [1.29, 1.82) is 0 Å². The molecule has 1 aliphatic rings. The largest absolute Gasteiger partial charge is 0.468 e. The summed E-state index contributed by atoms with van der Waals surface area (Å²) in [5.74, 6) is -0.416. The Labute approximate surface area is 169 Å². The van der Waals surface area contributed by atoms with E-state index in [1.807, 2.05) is 36.3 Å². The zero-order chi connectivity index (χ0) is 20.1. The summed E-state index contributed by atoms with van der Waals surface area (Å²) in [6.45, 7) is 2.15. The van der Waals surface area contributed by atoms with E-state index >= 15 is 0 Å². The Kier molecular flexibility index (Phi) is 6.49. The van der Waals surface area contributed by atoms with Crippen LogP contribution in [0.2, 0.25) is 5.02 Å². The molecule has 0 saturated carbocycles. The van der Waals surface area contributed by atoms with Crippen molar-refractivity contribution in [1.82, 2.24) is 19.6 Å². The van der Waals surface area contributed by atoms with Crippen LogP contribution in [0.3, 0.4) is 0 Å². The highest BCUT2D eigenvalue weighted by atomic mass is 35.5. The fourth-order valence-corrected chi connectivity index (χ4v) is 3.52. The van der Waals surface area contributed by atoms with E-state index in [-0.39, 0.29) is 11.9 Å². The molecular formula is C20H23ClN4O3. The number of ether oxygens (including phenoxy) is 1. The van der Waals surface area contributed by atoms with Gasteiger partial charge >= 0.3 is 5.97 Å². The van der Waals surface area contributed by atoms with E-state index < -0.39 is 6.04 Å². The number of benzene rings is 1. The van der Waals surface area contributed by atoms with Gasteiger partial charge in [0.15, 0.2) is 0 Å². The van der Waals surface area contributed by atoms with Crippen molar-refractivity contribution in [2.24, 2.45) is 7.05 Å². The summed E-state index contributed by atoms with van der Waals surface area (Å²) in [4.78, 5) is 28.6. The summed E-state index contributed by atoms with van der Waals surface area (Å²) in [5, 5.41) is 4.60. The predicted molar refractivity (Wildman–Crippen MR) is 107 cm³/mol. The zero-order valence-corrected chi connectivity index (χ0v) is 16.7. The molecule has 0 aliphatic carbocycles. The number of hydrogen-bond donors (Lipinski definition) is 0. The summed E-state index contributed by atoms with van der Waals surface area (Å²) in [6, 6.07) is 6.68. The Morgan fingerprint density at radius 1 is 1.21 bits per heavy atom. The number of halogens is 1. The van der Waals surface area contributed by atoms with Gasteiger partial charge in [-0.25, -0.2) is 4.79 Å². The van der Waals surface area contributed by atoms with Gasteiger partial charge in [0.05, 0.1) is 13.3 Å². The van der Waals surface area contributed by atoms with Crippen molar-refractivity contribution < 1.29 is 14.3 Å². The van der Waals surface area contributed by atoms with Gasteiger partial charge in [0.1, 0.15) is 6.04 Å². The first kappa shape index (κ1) is 20.1. The van der Waals surface area contributed by atoms with Gasteiger partial charge in [-0.3, -0.25) is 14.4 Å². The SMILES string of the molecule is COC(=O)C(c1ccccc1Cl)N1CCN(C(=O)/C=C/c2cnn(C)c2)CC1. The number of piperazine rings is 1. The zero-order valence-electron chi connectivity index (χ0n) is 15.9. The molecule has 28 heavy (non-hydrogen) atoms. The lowest BCUT2D eigenvalue weighted by Crippen LogP contribution is -2.50. The fourth-order valence-electron chi connectivity index (χ4n) is 3.28. The third-order valence-electron chi connectivity index (χ3n) is 4.76. The fraction of sp³-hybridized carbons (Fsp3) is 0.350. The highest BCUT2D eigenvalue weighted by Crippen LogP contribution is 2.29. The van der Waals surface area contributed by atoms with Crippen molar-refractivity contribution in [3.05, 3.63) is 58.9 Å². The number of carbonyl (C=O) groups excluding carboxylic acids is 2. The second kappa shape index (κ2) is 9.03. The van der Waals surface area contributed by atoms with E-state index in [1.165, 1.54) is 7.11 Å². The highest BCUT2D eigenvalue weighted by molar-refractivity contribution is 6.31. The van der Waals surface area contributed by atoms with Crippen molar-refractivity contribution in [2.45, 2.75) is 6.04 Å². The number of carbonyl (C=O) groups is 2. The van der Waals surface area contributed by atoms with Crippen LogP contribution in [-0.2, 0) is 21.4 Å². The third-order valence-corrected chi connectivity index (χ3v) is 5.10. The van der Waals surface area contributed by atoms with Crippen LogP contribution in [0.25, 0.3) is 6.08 Å². The lowest BCUT2D eigenvalue weighted by Gasteiger charge is -2.38. The molecule has 1 aliphatic heterocycles. The molecule has 0 bridgehead atoms. The van der Waals surface area contributed by atoms with E-state index in [1.54, 1.807) is 34.0 Å². The summed E-state index contributed by atoms with van der Waals surface area (Å²) in [7, 11) is 3.20. The Morgan fingerprint density at radius 3 is 2.54 bits per heavy atom. The molecule has 1 amide bonds. The first-order chi connectivity index (χ1) is 13.5. The van der Waals surface area contributed by atoms with Gasteiger partial charge < -0.3 is 9.64 Å². The van der Waals surface area contributed by atoms with Crippen LogP contribution >= 0.6 is 11.6 Å². The minimum absolute atomic E-state index is 0.0594. The minimum Gasteiger partial charge on any atom is -0.468 e. The average molecular weight is 403 g/mol. The van der Waals surface area contributed by atoms with Crippen LogP contribution in [0, 0.1) is 0 Å². The molecule has 8 heteroatoms. The Balaban J connectivity index is 1.65. The summed E-state index contributed by atoms with van der Waals surface area (Å²) >= 11 is 6.30. The Morgan fingerprint density at radius 2 is 1.93 bits per heavy atom. The number of hydrogen-bond acceptors (Lipinski definition) is 5. The van der Waals surface area contributed by atoms with Gasteiger partial charge in [-0.15, -0.1) is 0 Å². The maximum atomic E-state index is 12.4. The molecule has 148 valence electrons. The molecule has 3 rings (SSSR count). The van der Waals surface area contributed by atoms with Crippen LogP contribution in [0.5, 0.6) is 0 Å². The van der Waals surface area contributed by atoms with E-state index in [9.17, 15) is 9.59 Å². The first-order valence-electron chi connectivity index (χ1n) is 9.01. The molecule has 2 aromatic rings. The molecule has 7 nitrogen and oxygen atoms in total. The molecule has 0 spiro atoms. The molecule has 1 saturated heterocycles. The molecule has 0 radical (unpaired) electrons. The molecule has 2 heterocycles. The minimum atomic E-state index is -0.582. The van der Waals surface area contributed by atoms with Gasteiger partial charge in [-0.2, -0.15) is 5.10 Å². The highest BCUT2D eigenvalue weighted by Gasteiger charge is 2.33. The van der Waals surface area contributed by atoms with Crippen LogP contribution in [-0.4, -0.2) is 64.7 Å². The van der Waals surface area contributed by atoms with Crippen molar-refractivity contribution >= 4 is 29.6 Å². The lowest BCUT2D eigenvalue weighted by atomic mass is 10.0. The topological polar surface area (TPSA) is 67.7 Å². The smallest absolute Gasteiger partial charge is 0.327 e. The van der Waals surface area contributed by atoms with Gasteiger partial charge in [0.2, 0.25) is 5.91 Å². The average Bonchev–Trinajstić information content (AvgIpc) is 3.13. The maximum Gasteiger partial charge on any atom is 0.327 e. The summed E-state index contributed by atoms with van der Waals surface area (Å²) in [5.41, 5.74) is 1.59. The van der Waals surface area contributed by atoms with Gasteiger partial charge in [0, 0.05) is 56.1 Å². The number of nitrogens with zero attached hydrogens (tertiary/aromatic N) is 4. The Hall–Kier alpha value is -2.64. The third kappa shape index (κ3) is 4.61. The van der Waals surface area contributed by atoms with Crippen LogP contribution in [0.4, 0.5) is 0 Å². The lowest BCUT2D eigenvalue weighted by molar-refractivity contribution is -0.148. The van der Waals surface area contributed by atoms with Gasteiger partial charge in [-0.1, -0.05) is 29.8 Å². The second-order valence-corrected chi connectivity index (χ2v) is 7.00.